The van der Waals surface area contributed by atoms with Gasteiger partial charge in [0.1, 0.15) is 11.0 Å². The third-order valence-electron chi connectivity index (χ3n) is 2.39. The van der Waals surface area contributed by atoms with Crippen LogP contribution in [0.4, 0.5) is 0 Å². The maximum absolute atomic E-state index is 11.8. The molecule has 88 valence electrons. The highest BCUT2D eigenvalue weighted by molar-refractivity contribution is 7.92. The summed E-state index contributed by atoms with van der Waals surface area (Å²) in [7, 11) is -3.42. The molecule has 1 aromatic carbocycles. The summed E-state index contributed by atoms with van der Waals surface area (Å²) in [6.07, 6.45) is 0. The van der Waals surface area contributed by atoms with Crippen LogP contribution in [-0.4, -0.2) is 19.5 Å². The number of sulfone groups is 1. The van der Waals surface area contributed by atoms with Gasteiger partial charge in [0.15, 0.2) is 9.84 Å². The number of rotatable bonds is 4. The normalized spacial score (nSPS) is 13.4. The van der Waals surface area contributed by atoms with E-state index >= 15 is 0 Å². The van der Waals surface area contributed by atoms with E-state index in [0.29, 0.717) is 10.6 Å². The van der Waals surface area contributed by atoms with Crippen molar-refractivity contribution < 1.29 is 13.2 Å². The summed E-state index contributed by atoms with van der Waals surface area (Å²) in [5, 5.41) is -0.399. The van der Waals surface area contributed by atoms with Crippen LogP contribution in [0.2, 0.25) is 5.02 Å². The maximum atomic E-state index is 11.8. The van der Waals surface area contributed by atoms with Crippen LogP contribution in [0, 0.1) is 0 Å². The van der Waals surface area contributed by atoms with Crippen LogP contribution < -0.4 is 0 Å². The average molecular weight is 261 g/mol. The Labute approximate surface area is 100 Å². The van der Waals surface area contributed by atoms with Gasteiger partial charge in [0.05, 0.1) is 5.75 Å². The molecule has 1 unspecified atom stereocenters. The fourth-order valence-corrected chi connectivity index (χ4v) is 2.73. The van der Waals surface area contributed by atoms with Crippen molar-refractivity contribution in [2.45, 2.75) is 24.9 Å². The molecule has 0 aliphatic heterocycles. The van der Waals surface area contributed by atoms with Crippen molar-refractivity contribution in [3.8, 4) is 0 Å². The molecule has 0 aromatic heterocycles. The van der Waals surface area contributed by atoms with Gasteiger partial charge in [-0.1, -0.05) is 23.7 Å². The lowest BCUT2D eigenvalue weighted by Gasteiger charge is -2.09. The van der Waals surface area contributed by atoms with Crippen molar-refractivity contribution in [1.82, 2.24) is 0 Å². The number of carbonyl (C=O) groups excluding carboxylic acids is 1. The van der Waals surface area contributed by atoms with Crippen molar-refractivity contribution in [1.29, 1.82) is 0 Å². The molecule has 0 heterocycles. The molecule has 0 bridgehead atoms. The third kappa shape index (κ3) is 3.32. The Morgan fingerprint density at radius 2 is 1.81 bits per heavy atom. The minimum Gasteiger partial charge on any atom is -0.299 e. The fourth-order valence-electron chi connectivity index (χ4n) is 1.19. The van der Waals surface area contributed by atoms with Gasteiger partial charge >= 0.3 is 0 Å². The fraction of sp³-hybridized carbons (Fsp3) is 0.364. The largest absolute Gasteiger partial charge is 0.299 e. The molecule has 0 N–H and O–H groups in total. The quantitative estimate of drug-likeness (QED) is 0.834. The Bertz CT molecular complexity index is 476. The Hall–Kier alpha value is -0.870. The molecule has 3 nitrogen and oxygen atoms in total. The van der Waals surface area contributed by atoms with E-state index in [-0.39, 0.29) is 11.5 Å². The second-order valence-electron chi connectivity index (χ2n) is 3.69. The Balaban J connectivity index is 2.89. The van der Waals surface area contributed by atoms with Gasteiger partial charge < -0.3 is 0 Å². The third-order valence-corrected chi connectivity index (χ3v) is 4.79. The first-order chi connectivity index (χ1) is 7.33. The highest BCUT2D eigenvalue weighted by Crippen LogP contribution is 2.15. The summed E-state index contributed by atoms with van der Waals surface area (Å²) >= 11 is 5.69. The Morgan fingerprint density at radius 1 is 1.31 bits per heavy atom. The molecule has 0 saturated heterocycles. The molecule has 0 spiro atoms. The smallest absolute Gasteiger partial charge is 0.164 e. The molecular formula is C11H13ClO3S. The van der Waals surface area contributed by atoms with Gasteiger partial charge in [0.2, 0.25) is 0 Å². The van der Waals surface area contributed by atoms with Gasteiger partial charge in [-0.05, 0) is 31.5 Å². The van der Waals surface area contributed by atoms with Gasteiger partial charge in [-0.15, -0.1) is 0 Å². The van der Waals surface area contributed by atoms with E-state index in [1.807, 2.05) is 0 Å². The lowest BCUT2D eigenvalue weighted by atomic mass is 10.2. The molecule has 0 fully saturated rings. The second kappa shape index (κ2) is 4.97. The van der Waals surface area contributed by atoms with E-state index in [1.54, 1.807) is 24.3 Å². The SMILES string of the molecule is CC(=O)C(C)S(=O)(=O)Cc1ccc(Cl)cc1. The summed E-state index contributed by atoms with van der Waals surface area (Å²) in [6, 6.07) is 6.55. The Kier molecular flexibility index (Phi) is 4.10. The van der Waals surface area contributed by atoms with Crippen molar-refractivity contribution in [2.24, 2.45) is 0 Å². The van der Waals surface area contributed by atoms with Crippen LogP contribution in [0.5, 0.6) is 0 Å². The van der Waals surface area contributed by atoms with Crippen LogP contribution in [-0.2, 0) is 20.4 Å². The minimum atomic E-state index is -3.42. The van der Waals surface area contributed by atoms with E-state index in [1.165, 1.54) is 13.8 Å². The number of ketones is 1. The van der Waals surface area contributed by atoms with E-state index in [4.69, 9.17) is 11.6 Å². The molecule has 5 heteroatoms. The molecule has 0 saturated carbocycles. The molecule has 1 rings (SSSR count). The van der Waals surface area contributed by atoms with Gasteiger partial charge in [0, 0.05) is 5.02 Å². The molecule has 0 radical (unpaired) electrons. The van der Waals surface area contributed by atoms with Crippen molar-refractivity contribution in [3.63, 3.8) is 0 Å². The van der Waals surface area contributed by atoms with Crippen LogP contribution in [0.3, 0.4) is 0 Å². The lowest BCUT2D eigenvalue weighted by molar-refractivity contribution is -0.116. The molecule has 1 atom stereocenters. The number of benzene rings is 1. The summed E-state index contributed by atoms with van der Waals surface area (Å²) in [5.74, 6) is -0.473. The summed E-state index contributed by atoms with van der Waals surface area (Å²) in [6.45, 7) is 2.69. The summed E-state index contributed by atoms with van der Waals surface area (Å²) in [5.41, 5.74) is 0.637. The van der Waals surface area contributed by atoms with Gasteiger partial charge in [-0.2, -0.15) is 0 Å². The zero-order chi connectivity index (χ0) is 12.3. The standard InChI is InChI=1S/C11H13ClO3S/c1-8(13)9(2)16(14,15)7-10-3-5-11(12)6-4-10/h3-6,9H,7H2,1-2H3. The number of halogens is 1. The van der Waals surface area contributed by atoms with Gasteiger partial charge in [0.25, 0.3) is 0 Å². The highest BCUT2D eigenvalue weighted by Gasteiger charge is 2.24. The Morgan fingerprint density at radius 3 is 2.25 bits per heavy atom. The lowest BCUT2D eigenvalue weighted by Crippen LogP contribution is -2.26. The van der Waals surface area contributed by atoms with E-state index in [2.05, 4.69) is 0 Å². The average Bonchev–Trinajstić information content (AvgIpc) is 2.20. The molecule has 16 heavy (non-hydrogen) atoms. The van der Waals surface area contributed by atoms with Crippen LogP contribution in [0.1, 0.15) is 19.4 Å². The van der Waals surface area contributed by atoms with E-state index in [0.717, 1.165) is 0 Å². The van der Waals surface area contributed by atoms with E-state index < -0.39 is 15.1 Å². The van der Waals surface area contributed by atoms with Crippen LogP contribution in [0.15, 0.2) is 24.3 Å². The van der Waals surface area contributed by atoms with Gasteiger partial charge in [-0.3, -0.25) is 4.79 Å². The van der Waals surface area contributed by atoms with Crippen molar-refractivity contribution in [2.75, 3.05) is 0 Å². The number of carbonyl (C=O) groups is 1. The number of hydrogen-bond donors (Lipinski definition) is 0. The van der Waals surface area contributed by atoms with Crippen LogP contribution in [0.25, 0.3) is 0 Å². The summed E-state index contributed by atoms with van der Waals surface area (Å²) in [4.78, 5) is 11.0. The summed E-state index contributed by atoms with van der Waals surface area (Å²) < 4.78 is 23.5. The zero-order valence-electron chi connectivity index (χ0n) is 9.10. The zero-order valence-corrected chi connectivity index (χ0v) is 10.7. The molecule has 0 aliphatic rings. The van der Waals surface area contributed by atoms with Crippen molar-refractivity contribution >= 4 is 27.2 Å². The van der Waals surface area contributed by atoms with Gasteiger partial charge in [-0.25, -0.2) is 8.42 Å². The topological polar surface area (TPSA) is 51.2 Å². The monoisotopic (exact) mass is 260 g/mol. The first-order valence-corrected chi connectivity index (χ1v) is 6.89. The number of Topliss-reactive ketones (excluding diaryl/α,β-unsaturated/α-hetero) is 1. The number of hydrogen-bond acceptors (Lipinski definition) is 3. The first kappa shape index (κ1) is 13.2. The molecule has 1 aromatic rings. The predicted octanol–water partition coefficient (Wildman–Crippen LogP) is 2.23. The highest BCUT2D eigenvalue weighted by atomic mass is 35.5. The maximum Gasteiger partial charge on any atom is 0.164 e. The molecule has 0 aliphatic carbocycles. The molecular weight excluding hydrogens is 248 g/mol. The van der Waals surface area contributed by atoms with Crippen molar-refractivity contribution in [3.05, 3.63) is 34.9 Å². The first-order valence-electron chi connectivity index (χ1n) is 4.79. The molecule has 0 amide bonds. The van der Waals surface area contributed by atoms with Crippen LogP contribution >= 0.6 is 11.6 Å². The van der Waals surface area contributed by atoms with E-state index in [9.17, 15) is 13.2 Å². The second-order valence-corrected chi connectivity index (χ2v) is 6.44. The minimum absolute atomic E-state index is 0.134. The predicted molar refractivity (Wildman–Crippen MR) is 64.2 cm³/mol.